The fourth-order valence-electron chi connectivity index (χ4n) is 3.28. The molecule has 0 radical (unpaired) electrons. The number of hydrogen-bond donors (Lipinski definition) is 1. The smallest absolute Gasteiger partial charge is 0.261 e. The van der Waals surface area contributed by atoms with Crippen molar-refractivity contribution in [3.63, 3.8) is 0 Å². The maximum absolute atomic E-state index is 12.7. The average molecular weight is 459 g/mol. The number of nitrogens with one attached hydrogen (secondary N) is 1. The molecule has 3 rings (SSSR count). The molecule has 9 nitrogen and oxygen atoms in total. The first-order chi connectivity index (χ1) is 15.1. The molecule has 10 heteroatoms. The van der Waals surface area contributed by atoms with Gasteiger partial charge in [-0.05, 0) is 43.2 Å². The Labute approximate surface area is 186 Å². The van der Waals surface area contributed by atoms with Crippen LogP contribution in [0.4, 0.5) is 5.69 Å². The summed E-state index contributed by atoms with van der Waals surface area (Å²) in [5, 5.41) is 3.24. The van der Waals surface area contributed by atoms with Gasteiger partial charge in [0.05, 0.1) is 34.9 Å². The fourth-order valence-corrected chi connectivity index (χ4v) is 4.20. The highest BCUT2D eigenvalue weighted by molar-refractivity contribution is 7.89. The van der Waals surface area contributed by atoms with Crippen LogP contribution >= 0.6 is 0 Å². The highest BCUT2D eigenvalue weighted by Gasteiger charge is 2.20. The van der Waals surface area contributed by atoms with Crippen LogP contribution in [0.2, 0.25) is 0 Å². The van der Waals surface area contributed by atoms with E-state index in [0.717, 1.165) is 9.87 Å². The number of benzene rings is 2. The molecule has 32 heavy (non-hydrogen) atoms. The molecule has 0 spiro atoms. The number of sulfonamides is 1. The summed E-state index contributed by atoms with van der Waals surface area (Å²) in [6.45, 7) is 2.23. The SMILES string of the molecule is COc1ccc(S(=O)(=O)N(C)C)cc1NC(=O)CCCn1cnc2c(C)cccc2c1=O. The summed E-state index contributed by atoms with van der Waals surface area (Å²) in [6, 6.07) is 9.74. The summed E-state index contributed by atoms with van der Waals surface area (Å²) in [7, 11) is 0.645. The Morgan fingerprint density at radius 2 is 1.97 bits per heavy atom. The molecule has 1 heterocycles. The normalized spacial score (nSPS) is 11.7. The van der Waals surface area contributed by atoms with Crippen LogP contribution in [0, 0.1) is 6.92 Å². The van der Waals surface area contributed by atoms with Gasteiger partial charge in [-0.1, -0.05) is 12.1 Å². The Hall–Kier alpha value is -3.24. The Morgan fingerprint density at radius 3 is 2.66 bits per heavy atom. The lowest BCUT2D eigenvalue weighted by Crippen LogP contribution is -2.23. The van der Waals surface area contributed by atoms with E-state index in [2.05, 4.69) is 10.3 Å². The lowest BCUT2D eigenvalue weighted by Gasteiger charge is -2.15. The molecule has 170 valence electrons. The van der Waals surface area contributed by atoms with Crippen molar-refractivity contribution >= 4 is 32.5 Å². The number of aryl methyl sites for hydroxylation is 2. The molecule has 3 aromatic rings. The maximum atomic E-state index is 12.7. The Kier molecular flexibility index (Phi) is 6.95. The van der Waals surface area contributed by atoms with E-state index in [4.69, 9.17) is 4.74 Å². The zero-order valence-corrected chi connectivity index (χ0v) is 19.3. The average Bonchev–Trinajstić information content (AvgIpc) is 2.75. The molecule has 0 aliphatic heterocycles. The van der Waals surface area contributed by atoms with E-state index in [0.29, 0.717) is 29.6 Å². The fraction of sp³-hybridized carbons (Fsp3) is 0.318. The van der Waals surface area contributed by atoms with Gasteiger partial charge in [-0.3, -0.25) is 14.2 Å². The summed E-state index contributed by atoms with van der Waals surface area (Å²) in [4.78, 5) is 29.5. The molecule has 0 saturated carbocycles. The highest BCUT2D eigenvalue weighted by Crippen LogP contribution is 2.28. The summed E-state index contributed by atoms with van der Waals surface area (Å²) in [5.74, 6) is 0.0294. The van der Waals surface area contributed by atoms with Crippen molar-refractivity contribution in [2.45, 2.75) is 31.2 Å². The van der Waals surface area contributed by atoms with Crippen LogP contribution in [0.1, 0.15) is 18.4 Å². The van der Waals surface area contributed by atoms with Crippen molar-refractivity contribution in [1.29, 1.82) is 0 Å². The third-order valence-electron chi connectivity index (χ3n) is 5.08. The van der Waals surface area contributed by atoms with Crippen molar-refractivity contribution in [1.82, 2.24) is 13.9 Å². The molecule has 0 fully saturated rings. The van der Waals surface area contributed by atoms with Gasteiger partial charge in [-0.2, -0.15) is 0 Å². The second-order valence-corrected chi connectivity index (χ2v) is 9.67. The van der Waals surface area contributed by atoms with Crippen LogP contribution in [0.3, 0.4) is 0 Å². The number of amides is 1. The van der Waals surface area contributed by atoms with E-state index in [1.165, 1.54) is 50.3 Å². The van der Waals surface area contributed by atoms with Gasteiger partial charge >= 0.3 is 0 Å². The van der Waals surface area contributed by atoms with Gasteiger partial charge in [0.15, 0.2) is 0 Å². The number of para-hydroxylation sites is 1. The van der Waals surface area contributed by atoms with Crippen LogP contribution in [0.5, 0.6) is 5.75 Å². The number of carbonyl (C=O) groups is 1. The second kappa shape index (κ2) is 9.49. The first-order valence-corrected chi connectivity index (χ1v) is 11.4. The van der Waals surface area contributed by atoms with Crippen molar-refractivity contribution in [2.75, 3.05) is 26.5 Å². The molecular formula is C22H26N4O5S. The zero-order valence-electron chi connectivity index (χ0n) is 18.5. The standard InChI is InChI=1S/C22H26N4O5S/c1-15-7-5-8-17-21(15)23-14-26(22(17)28)12-6-9-20(27)24-18-13-16(10-11-19(18)31-4)32(29,30)25(2)3/h5,7-8,10-11,13-14H,6,9,12H2,1-4H3,(H,24,27). The minimum absolute atomic E-state index is 0.0442. The minimum atomic E-state index is -3.66. The molecule has 0 atom stereocenters. The summed E-state index contributed by atoms with van der Waals surface area (Å²) in [5.41, 5.74) is 1.72. The van der Waals surface area contributed by atoms with Gasteiger partial charge in [0, 0.05) is 27.1 Å². The van der Waals surface area contributed by atoms with Crippen molar-refractivity contribution in [3.8, 4) is 5.75 Å². The number of hydrogen-bond acceptors (Lipinski definition) is 6. The molecule has 0 aliphatic carbocycles. The number of rotatable bonds is 8. The van der Waals surface area contributed by atoms with Crippen LogP contribution < -0.4 is 15.6 Å². The number of nitrogens with zero attached hydrogens (tertiary/aromatic N) is 3. The summed E-state index contributed by atoms with van der Waals surface area (Å²) >= 11 is 0. The number of anilines is 1. The topological polar surface area (TPSA) is 111 Å². The first-order valence-electron chi connectivity index (χ1n) is 10.0. The molecule has 0 unspecified atom stereocenters. The molecule has 2 aromatic carbocycles. The third-order valence-corrected chi connectivity index (χ3v) is 6.89. The Balaban J connectivity index is 1.70. The molecule has 0 aliphatic rings. The predicted octanol–water partition coefficient (Wildman–Crippen LogP) is 2.38. The number of aromatic nitrogens is 2. The van der Waals surface area contributed by atoms with Gasteiger partial charge in [-0.15, -0.1) is 0 Å². The lowest BCUT2D eigenvalue weighted by atomic mass is 10.1. The summed E-state index contributed by atoms with van der Waals surface area (Å²) in [6.07, 6.45) is 2.03. The number of ether oxygens (including phenoxy) is 1. The van der Waals surface area contributed by atoms with Crippen LogP contribution in [0.15, 0.2) is 52.4 Å². The third kappa shape index (κ3) is 4.81. The van der Waals surface area contributed by atoms with Gasteiger partial charge in [0.2, 0.25) is 15.9 Å². The zero-order chi connectivity index (χ0) is 23.5. The van der Waals surface area contributed by atoms with Crippen molar-refractivity contribution < 1.29 is 17.9 Å². The minimum Gasteiger partial charge on any atom is -0.495 e. The largest absolute Gasteiger partial charge is 0.495 e. The molecule has 1 amide bonds. The van der Waals surface area contributed by atoms with Gasteiger partial charge in [-0.25, -0.2) is 17.7 Å². The lowest BCUT2D eigenvalue weighted by molar-refractivity contribution is -0.116. The number of fused-ring (bicyclic) bond motifs is 1. The molecule has 0 bridgehead atoms. The summed E-state index contributed by atoms with van der Waals surface area (Å²) < 4.78 is 32.6. The van der Waals surface area contributed by atoms with E-state index >= 15 is 0 Å². The molecular weight excluding hydrogens is 432 g/mol. The molecule has 1 aromatic heterocycles. The quantitative estimate of drug-likeness (QED) is 0.555. The van der Waals surface area contributed by atoms with Crippen LogP contribution in [-0.4, -0.2) is 49.4 Å². The number of carbonyl (C=O) groups excluding carboxylic acids is 1. The predicted molar refractivity (Wildman–Crippen MR) is 122 cm³/mol. The number of methoxy groups -OCH3 is 1. The first kappa shape index (κ1) is 23.4. The van der Waals surface area contributed by atoms with E-state index in [1.54, 1.807) is 6.07 Å². The van der Waals surface area contributed by atoms with Gasteiger partial charge in [0.1, 0.15) is 5.75 Å². The van der Waals surface area contributed by atoms with Crippen LogP contribution in [0.25, 0.3) is 10.9 Å². The van der Waals surface area contributed by atoms with Crippen LogP contribution in [-0.2, 0) is 21.4 Å². The molecule has 0 saturated heterocycles. The van der Waals surface area contributed by atoms with Crippen molar-refractivity contribution in [3.05, 3.63) is 58.6 Å². The van der Waals surface area contributed by atoms with E-state index in [1.807, 2.05) is 19.1 Å². The van der Waals surface area contributed by atoms with E-state index < -0.39 is 10.0 Å². The molecule has 1 N–H and O–H groups in total. The Bertz CT molecular complexity index is 1320. The van der Waals surface area contributed by atoms with Crippen molar-refractivity contribution in [2.24, 2.45) is 0 Å². The van der Waals surface area contributed by atoms with E-state index in [9.17, 15) is 18.0 Å². The monoisotopic (exact) mass is 458 g/mol. The second-order valence-electron chi connectivity index (χ2n) is 7.52. The highest BCUT2D eigenvalue weighted by atomic mass is 32.2. The maximum Gasteiger partial charge on any atom is 0.261 e. The van der Waals surface area contributed by atoms with E-state index in [-0.39, 0.29) is 28.5 Å². The van der Waals surface area contributed by atoms with Gasteiger partial charge in [0.25, 0.3) is 5.56 Å². The van der Waals surface area contributed by atoms with Gasteiger partial charge < -0.3 is 10.1 Å². The Morgan fingerprint density at radius 1 is 1.22 bits per heavy atom.